The molecule has 0 unspecified atom stereocenters. The lowest BCUT2D eigenvalue weighted by Gasteiger charge is -2.31. The summed E-state index contributed by atoms with van der Waals surface area (Å²) in [5, 5.41) is 1.26. The Balaban J connectivity index is 1.68. The third-order valence-corrected chi connectivity index (χ3v) is 5.23. The molecule has 1 aliphatic heterocycles. The van der Waals surface area contributed by atoms with Gasteiger partial charge in [-0.1, -0.05) is 37.6 Å². The van der Waals surface area contributed by atoms with E-state index in [2.05, 4.69) is 49.3 Å². The molecular weight excluding hydrogens is 324 g/mol. The standard InChI is InChI=1S/C22H30N2O2/c1-5-6-12-22(3,4)26-21(25)24-13-10-17(11-14-24)19-15-23-20-16(2)8-7-9-18(19)20/h7-10,15,23H,5-6,11-14H2,1-4H3. The second kappa shape index (κ2) is 7.56. The second-order valence-corrected chi connectivity index (χ2v) is 7.86. The number of H-pyrrole nitrogens is 1. The van der Waals surface area contributed by atoms with Crippen molar-refractivity contribution in [3.63, 3.8) is 0 Å². The van der Waals surface area contributed by atoms with Crippen molar-refractivity contribution in [2.75, 3.05) is 13.1 Å². The Kier molecular flexibility index (Phi) is 5.40. The summed E-state index contributed by atoms with van der Waals surface area (Å²) in [7, 11) is 0. The Morgan fingerprint density at radius 1 is 1.35 bits per heavy atom. The van der Waals surface area contributed by atoms with Crippen molar-refractivity contribution in [2.45, 2.75) is 59.0 Å². The number of aromatic nitrogens is 1. The zero-order valence-electron chi connectivity index (χ0n) is 16.4. The van der Waals surface area contributed by atoms with Crippen LogP contribution < -0.4 is 0 Å². The van der Waals surface area contributed by atoms with E-state index in [0.29, 0.717) is 13.1 Å². The molecule has 1 aromatic heterocycles. The molecule has 0 radical (unpaired) electrons. The molecule has 1 N–H and O–H groups in total. The van der Waals surface area contributed by atoms with E-state index < -0.39 is 5.60 Å². The van der Waals surface area contributed by atoms with E-state index in [1.165, 1.54) is 27.6 Å². The number of unbranched alkanes of at least 4 members (excludes halogenated alkanes) is 1. The highest BCUT2D eigenvalue weighted by Crippen LogP contribution is 2.31. The Labute approximate surface area is 156 Å². The van der Waals surface area contributed by atoms with E-state index in [9.17, 15) is 4.79 Å². The second-order valence-electron chi connectivity index (χ2n) is 7.86. The molecule has 1 aromatic carbocycles. The van der Waals surface area contributed by atoms with Crippen LogP contribution in [0, 0.1) is 6.92 Å². The lowest BCUT2D eigenvalue weighted by atomic mass is 9.98. The van der Waals surface area contributed by atoms with Crippen molar-refractivity contribution in [2.24, 2.45) is 0 Å². The van der Waals surface area contributed by atoms with Crippen molar-refractivity contribution in [1.82, 2.24) is 9.88 Å². The fourth-order valence-corrected chi connectivity index (χ4v) is 3.61. The first-order valence-corrected chi connectivity index (χ1v) is 9.65. The van der Waals surface area contributed by atoms with Gasteiger partial charge in [-0.2, -0.15) is 0 Å². The molecule has 0 saturated heterocycles. The molecule has 2 heterocycles. The van der Waals surface area contributed by atoms with Crippen LogP contribution in [0.1, 0.15) is 57.6 Å². The van der Waals surface area contributed by atoms with Crippen LogP contribution in [0.3, 0.4) is 0 Å². The van der Waals surface area contributed by atoms with Crippen molar-refractivity contribution in [1.29, 1.82) is 0 Å². The Hall–Kier alpha value is -2.23. The molecular formula is C22H30N2O2. The van der Waals surface area contributed by atoms with Gasteiger partial charge in [0.15, 0.2) is 0 Å². The lowest BCUT2D eigenvalue weighted by Crippen LogP contribution is -2.40. The van der Waals surface area contributed by atoms with E-state index in [1.54, 1.807) is 4.90 Å². The average molecular weight is 354 g/mol. The molecule has 3 rings (SSSR count). The van der Waals surface area contributed by atoms with Gasteiger partial charge in [-0.25, -0.2) is 4.79 Å². The summed E-state index contributed by atoms with van der Waals surface area (Å²) in [6.07, 6.45) is 7.99. The van der Waals surface area contributed by atoms with Gasteiger partial charge in [-0.05, 0) is 51.2 Å². The van der Waals surface area contributed by atoms with E-state index >= 15 is 0 Å². The number of amides is 1. The van der Waals surface area contributed by atoms with Crippen LogP contribution in [0.15, 0.2) is 30.5 Å². The number of aryl methyl sites for hydroxylation is 1. The fraction of sp³-hybridized carbons (Fsp3) is 0.500. The van der Waals surface area contributed by atoms with Gasteiger partial charge >= 0.3 is 6.09 Å². The summed E-state index contributed by atoms with van der Waals surface area (Å²) in [5.41, 5.74) is 4.61. The number of rotatable bonds is 5. The van der Waals surface area contributed by atoms with Gasteiger partial charge in [0.05, 0.1) is 0 Å². The number of benzene rings is 1. The number of ether oxygens (including phenoxy) is 1. The summed E-state index contributed by atoms with van der Waals surface area (Å²) >= 11 is 0. The topological polar surface area (TPSA) is 45.3 Å². The Morgan fingerprint density at radius 2 is 2.15 bits per heavy atom. The molecule has 0 spiro atoms. The number of para-hydroxylation sites is 1. The molecule has 140 valence electrons. The van der Waals surface area contributed by atoms with Gasteiger partial charge in [0.1, 0.15) is 5.60 Å². The summed E-state index contributed by atoms with van der Waals surface area (Å²) in [6.45, 7) is 9.58. The molecule has 0 aliphatic carbocycles. The van der Waals surface area contributed by atoms with Crippen LogP contribution in [0.5, 0.6) is 0 Å². The number of nitrogens with zero attached hydrogens (tertiary/aromatic N) is 1. The number of aromatic amines is 1. The van der Waals surface area contributed by atoms with Gasteiger partial charge in [-0.15, -0.1) is 0 Å². The van der Waals surface area contributed by atoms with Crippen LogP contribution in [0.2, 0.25) is 0 Å². The quantitative estimate of drug-likeness (QED) is 0.752. The van der Waals surface area contributed by atoms with Crippen molar-refractivity contribution < 1.29 is 9.53 Å². The molecule has 26 heavy (non-hydrogen) atoms. The smallest absolute Gasteiger partial charge is 0.410 e. The highest BCUT2D eigenvalue weighted by Gasteiger charge is 2.27. The van der Waals surface area contributed by atoms with Crippen molar-refractivity contribution in [3.05, 3.63) is 41.6 Å². The molecule has 1 aliphatic rings. The lowest BCUT2D eigenvalue weighted by molar-refractivity contribution is 0.00900. The largest absolute Gasteiger partial charge is 0.443 e. The number of carbonyl (C=O) groups is 1. The summed E-state index contributed by atoms with van der Waals surface area (Å²) in [6, 6.07) is 6.38. The Morgan fingerprint density at radius 3 is 2.85 bits per heavy atom. The number of hydrogen-bond acceptors (Lipinski definition) is 2. The van der Waals surface area contributed by atoms with E-state index in [0.717, 1.165) is 25.7 Å². The highest BCUT2D eigenvalue weighted by atomic mass is 16.6. The first kappa shape index (κ1) is 18.6. The number of hydrogen-bond donors (Lipinski definition) is 1. The van der Waals surface area contributed by atoms with Gasteiger partial charge in [0.2, 0.25) is 0 Å². The average Bonchev–Trinajstić information content (AvgIpc) is 3.05. The third-order valence-electron chi connectivity index (χ3n) is 5.23. The predicted molar refractivity (Wildman–Crippen MR) is 107 cm³/mol. The normalized spacial score (nSPS) is 15.2. The maximum atomic E-state index is 12.5. The number of fused-ring (bicyclic) bond motifs is 1. The van der Waals surface area contributed by atoms with E-state index in [-0.39, 0.29) is 6.09 Å². The van der Waals surface area contributed by atoms with Crippen LogP contribution in [0.25, 0.3) is 16.5 Å². The molecule has 0 bridgehead atoms. The van der Waals surface area contributed by atoms with Crippen molar-refractivity contribution >= 4 is 22.6 Å². The number of nitrogens with one attached hydrogen (secondary N) is 1. The summed E-state index contributed by atoms with van der Waals surface area (Å²) < 4.78 is 5.74. The summed E-state index contributed by atoms with van der Waals surface area (Å²) in [4.78, 5) is 17.7. The predicted octanol–water partition coefficient (Wildman–Crippen LogP) is 5.67. The zero-order valence-corrected chi connectivity index (χ0v) is 16.4. The van der Waals surface area contributed by atoms with Gasteiger partial charge in [0.25, 0.3) is 0 Å². The van der Waals surface area contributed by atoms with Crippen LogP contribution in [0.4, 0.5) is 4.79 Å². The maximum Gasteiger partial charge on any atom is 0.410 e. The van der Waals surface area contributed by atoms with Gasteiger partial charge in [0, 0.05) is 35.8 Å². The molecule has 2 aromatic rings. The monoisotopic (exact) mass is 354 g/mol. The molecule has 1 amide bonds. The Bertz CT molecular complexity index is 817. The molecule has 0 saturated carbocycles. The minimum absolute atomic E-state index is 0.198. The maximum absolute atomic E-state index is 12.5. The minimum Gasteiger partial charge on any atom is -0.443 e. The SMILES string of the molecule is CCCCC(C)(C)OC(=O)N1CC=C(c2c[nH]c3c(C)cccc23)CC1. The third kappa shape index (κ3) is 3.95. The molecule has 4 heteroatoms. The highest BCUT2D eigenvalue weighted by molar-refractivity contribution is 5.94. The van der Waals surface area contributed by atoms with Crippen molar-refractivity contribution in [3.8, 4) is 0 Å². The molecule has 4 nitrogen and oxygen atoms in total. The zero-order chi connectivity index (χ0) is 18.7. The van der Waals surface area contributed by atoms with E-state index in [1.807, 2.05) is 13.8 Å². The van der Waals surface area contributed by atoms with Crippen LogP contribution >= 0.6 is 0 Å². The van der Waals surface area contributed by atoms with Crippen LogP contribution in [-0.2, 0) is 4.74 Å². The number of carbonyl (C=O) groups excluding carboxylic acids is 1. The van der Waals surface area contributed by atoms with Gasteiger partial charge in [-0.3, -0.25) is 0 Å². The van der Waals surface area contributed by atoms with Gasteiger partial charge < -0.3 is 14.6 Å². The van der Waals surface area contributed by atoms with Crippen LogP contribution in [-0.4, -0.2) is 34.7 Å². The first-order valence-electron chi connectivity index (χ1n) is 9.65. The fourth-order valence-electron chi connectivity index (χ4n) is 3.61. The minimum atomic E-state index is -0.397. The molecule has 0 atom stereocenters. The van der Waals surface area contributed by atoms with E-state index in [4.69, 9.17) is 4.74 Å². The first-order chi connectivity index (χ1) is 12.4. The molecule has 0 fully saturated rings. The summed E-state index contributed by atoms with van der Waals surface area (Å²) in [5.74, 6) is 0.